The third-order valence-corrected chi connectivity index (χ3v) is 9.62. The van der Waals surface area contributed by atoms with Gasteiger partial charge in [0.05, 0.1) is 29.3 Å². The molecule has 238 valence electrons. The Hall–Kier alpha value is -4.82. The first-order valence-corrected chi connectivity index (χ1v) is 14.9. The Balaban J connectivity index is 1.43. The lowest BCUT2D eigenvalue weighted by Gasteiger charge is -2.53. The summed E-state index contributed by atoms with van der Waals surface area (Å²) in [5.74, 6) is -9.57. The second-order valence-corrected chi connectivity index (χ2v) is 12.5. The first-order valence-electron chi connectivity index (χ1n) is 14.5. The normalized spacial score (nSPS) is 27.3. The number of nitrogens with two attached hydrogens (primary N) is 1. The molecule has 9 N–H and O–H groups in total. The number of fused-ring (bicyclic) bond motifs is 4. The van der Waals surface area contributed by atoms with Gasteiger partial charge in [0, 0.05) is 22.6 Å². The van der Waals surface area contributed by atoms with E-state index in [2.05, 4.69) is 10.6 Å². The second-order valence-electron chi connectivity index (χ2n) is 12.1. The Kier molecular flexibility index (Phi) is 7.40. The standard InChI is InChI=1S/C33H32N4O8S/c1-13-15-11-12-18(36-32(46)35-17-10-6-8-14-7-4-5-9-16(14)17)25(38)20(15)26(39)21-19(13)27(40)23-24(37(2)3)28(41)22(31(34)44)30(43)33(23,45)29(21)42/h4-13,19,23-24,27,38-40,43,45H,1-3H3,(H2,34,44)(H2,35,36,46). The fourth-order valence-electron chi connectivity index (χ4n) is 7.33. The van der Waals surface area contributed by atoms with Crippen molar-refractivity contribution >= 4 is 62.7 Å². The minimum absolute atomic E-state index is 0.0874. The van der Waals surface area contributed by atoms with Crippen molar-refractivity contribution in [2.24, 2.45) is 17.6 Å². The number of aromatic hydroxyl groups is 1. The van der Waals surface area contributed by atoms with Crippen molar-refractivity contribution in [3.63, 3.8) is 0 Å². The molecule has 1 amide bonds. The van der Waals surface area contributed by atoms with Crippen molar-refractivity contribution in [2.75, 3.05) is 24.7 Å². The number of likely N-dealkylation sites (N-methyl/N-ethyl adjacent to an activating group) is 1. The first-order chi connectivity index (χ1) is 21.7. The molecule has 0 heterocycles. The number of anilines is 2. The molecule has 6 unspecified atom stereocenters. The summed E-state index contributed by atoms with van der Waals surface area (Å²) in [6.07, 6.45) is -1.67. The zero-order chi connectivity index (χ0) is 33.4. The number of hydrogen-bond acceptors (Lipinski definition) is 10. The molecule has 6 atom stereocenters. The summed E-state index contributed by atoms with van der Waals surface area (Å²) in [6.45, 7) is 1.66. The number of Topliss-reactive ketones (excluding diaryl/α,β-unsaturated/α-hetero) is 2. The SMILES string of the molecule is CC1c2ccc(NC(=S)Nc3cccc4ccccc34)c(O)c2C(O)=C2C(=O)C3(O)C(O)=C(C(N)=O)C(=O)C(N(C)C)C3C(O)C21. The lowest BCUT2D eigenvalue weighted by atomic mass is 9.54. The number of ketones is 2. The average molecular weight is 645 g/mol. The minimum Gasteiger partial charge on any atom is -0.508 e. The van der Waals surface area contributed by atoms with Gasteiger partial charge in [-0.1, -0.05) is 49.4 Å². The van der Waals surface area contributed by atoms with Crippen LogP contribution in [0.15, 0.2) is 71.5 Å². The number of rotatable bonds is 4. The molecule has 12 nitrogen and oxygen atoms in total. The summed E-state index contributed by atoms with van der Waals surface area (Å²) >= 11 is 5.51. The quantitative estimate of drug-likeness (QED) is 0.117. The van der Waals surface area contributed by atoms with Crippen LogP contribution < -0.4 is 16.4 Å². The number of nitrogens with zero attached hydrogens (tertiary/aromatic N) is 1. The van der Waals surface area contributed by atoms with E-state index in [0.717, 1.165) is 10.8 Å². The lowest BCUT2D eigenvalue weighted by molar-refractivity contribution is -0.169. The smallest absolute Gasteiger partial charge is 0.255 e. The van der Waals surface area contributed by atoms with Gasteiger partial charge in [-0.05, 0) is 55.3 Å². The highest BCUT2D eigenvalue weighted by molar-refractivity contribution is 7.80. The van der Waals surface area contributed by atoms with Crippen molar-refractivity contribution in [3.05, 3.63) is 82.6 Å². The highest BCUT2D eigenvalue weighted by Gasteiger charge is 2.68. The molecule has 0 spiro atoms. The van der Waals surface area contributed by atoms with Gasteiger partial charge in [0.2, 0.25) is 5.78 Å². The van der Waals surface area contributed by atoms with Gasteiger partial charge in [-0.3, -0.25) is 19.3 Å². The molecule has 0 aromatic heterocycles. The van der Waals surface area contributed by atoms with Crippen LogP contribution in [0.5, 0.6) is 5.75 Å². The number of benzene rings is 3. The van der Waals surface area contributed by atoms with E-state index in [9.17, 15) is 39.9 Å². The monoisotopic (exact) mass is 644 g/mol. The fourth-order valence-corrected chi connectivity index (χ4v) is 7.55. The summed E-state index contributed by atoms with van der Waals surface area (Å²) in [6, 6.07) is 15.1. The summed E-state index contributed by atoms with van der Waals surface area (Å²) in [5.41, 5.74) is 1.97. The summed E-state index contributed by atoms with van der Waals surface area (Å²) in [5, 5.41) is 65.7. The summed E-state index contributed by atoms with van der Waals surface area (Å²) < 4.78 is 0. The highest BCUT2D eigenvalue weighted by Crippen LogP contribution is 2.56. The lowest BCUT2D eigenvalue weighted by Crippen LogP contribution is -2.70. The van der Waals surface area contributed by atoms with Gasteiger partial charge >= 0.3 is 0 Å². The minimum atomic E-state index is -2.99. The van der Waals surface area contributed by atoms with Gasteiger partial charge in [-0.2, -0.15) is 0 Å². The number of carbonyl (C=O) groups excluding carboxylic acids is 3. The van der Waals surface area contributed by atoms with Crippen LogP contribution in [0.1, 0.15) is 24.0 Å². The van der Waals surface area contributed by atoms with E-state index < -0.39 is 81.4 Å². The van der Waals surface area contributed by atoms with Crippen molar-refractivity contribution in [3.8, 4) is 5.75 Å². The van der Waals surface area contributed by atoms with E-state index in [-0.39, 0.29) is 16.4 Å². The highest BCUT2D eigenvalue weighted by atomic mass is 32.1. The maximum atomic E-state index is 14.2. The Labute approximate surface area is 268 Å². The van der Waals surface area contributed by atoms with Crippen LogP contribution in [0.2, 0.25) is 0 Å². The predicted octanol–water partition coefficient (Wildman–Crippen LogP) is 2.46. The van der Waals surface area contributed by atoms with Crippen LogP contribution in [0.3, 0.4) is 0 Å². The number of aliphatic hydroxyl groups is 4. The van der Waals surface area contributed by atoms with Crippen molar-refractivity contribution in [2.45, 2.75) is 30.6 Å². The number of amides is 1. The molecule has 3 aliphatic rings. The number of primary amides is 1. The van der Waals surface area contributed by atoms with E-state index in [1.54, 1.807) is 13.0 Å². The van der Waals surface area contributed by atoms with Crippen LogP contribution in [0, 0.1) is 11.8 Å². The summed E-state index contributed by atoms with van der Waals surface area (Å²) in [4.78, 5) is 41.0. The van der Waals surface area contributed by atoms with E-state index in [0.29, 0.717) is 11.3 Å². The number of thiocarbonyl (C=S) groups is 1. The van der Waals surface area contributed by atoms with Crippen molar-refractivity contribution < 1.29 is 39.9 Å². The molecule has 1 saturated carbocycles. The zero-order valence-corrected chi connectivity index (χ0v) is 25.8. The Morgan fingerprint density at radius 2 is 1.63 bits per heavy atom. The molecule has 13 heteroatoms. The Morgan fingerprint density at radius 3 is 2.30 bits per heavy atom. The topological polar surface area (TPSA) is 206 Å². The van der Waals surface area contributed by atoms with Crippen LogP contribution >= 0.6 is 12.2 Å². The van der Waals surface area contributed by atoms with Gasteiger partial charge < -0.3 is 41.9 Å². The van der Waals surface area contributed by atoms with Crippen LogP contribution in [0.4, 0.5) is 11.4 Å². The van der Waals surface area contributed by atoms with Gasteiger partial charge in [0.25, 0.3) is 5.91 Å². The molecule has 3 aromatic carbocycles. The molecule has 3 aliphatic carbocycles. The molecule has 0 radical (unpaired) electrons. The fraction of sp³-hybridized carbons (Fsp3) is 0.273. The Morgan fingerprint density at radius 1 is 0.978 bits per heavy atom. The molecule has 1 fully saturated rings. The molecule has 6 rings (SSSR count). The Bertz CT molecular complexity index is 1930. The average Bonchev–Trinajstić information content (AvgIpc) is 3.00. The number of carbonyl (C=O) groups is 3. The first kappa shape index (κ1) is 31.2. The van der Waals surface area contributed by atoms with Crippen LogP contribution in [0.25, 0.3) is 16.5 Å². The number of phenols is 1. The van der Waals surface area contributed by atoms with Gasteiger partial charge in [0.1, 0.15) is 22.8 Å². The third-order valence-electron chi connectivity index (χ3n) is 9.42. The molecular weight excluding hydrogens is 612 g/mol. The molecule has 0 aliphatic heterocycles. The molecule has 0 saturated heterocycles. The number of nitrogens with one attached hydrogen (secondary N) is 2. The van der Waals surface area contributed by atoms with Crippen molar-refractivity contribution in [1.82, 2.24) is 4.90 Å². The van der Waals surface area contributed by atoms with Crippen LogP contribution in [-0.4, -0.2) is 84.9 Å². The van der Waals surface area contributed by atoms with Gasteiger partial charge in [-0.25, -0.2) is 0 Å². The number of phenolic OH excluding ortho intramolecular Hbond substituents is 1. The molecule has 46 heavy (non-hydrogen) atoms. The van der Waals surface area contributed by atoms with Gasteiger partial charge in [-0.15, -0.1) is 0 Å². The van der Waals surface area contributed by atoms with E-state index in [1.165, 1.54) is 25.1 Å². The largest absolute Gasteiger partial charge is 0.508 e. The molecule has 0 bridgehead atoms. The molecule has 3 aromatic rings. The van der Waals surface area contributed by atoms with E-state index in [1.807, 2.05) is 42.5 Å². The number of aliphatic hydroxyl groups excluding tert-OH is 3. The van der Waals surface area contributed by atoms with Crippen LogP contribution in [-0.2, 0) is 14.4 Å². The zero-order valence-electron chi connectivity index (χ0n) is 25.0. The predicted molar refractivity (Wildman–Crippen MR) is 174 cm³/mol. The summed E-state index contributed by atoms with van der Waals surface area (Å²) in [7, 11) is 2.91. The van der Waals surface area contributed by atoms with E-state index in [4.69, 9.17) is 18.0 Å². The second kappa shape index (κ2) is 10.9. The van der Waals surface area contributed by atoms with E-state index >= 15 is 0 Å². The number of hydrogen-bond donors (Lipinski definition) is 8. The van der Waals surface area contributed by atoms with Gasteiger partial charge in [0.15, 0.2) is 16.5 Å². The van der Waals surface area contributed by atoms with Crippen molar-refractivity contribution in [1.29, 1.82) is 0 Å². The maximum Gasteiger partial charge on any atom is 0.255 e. The maximum absolute atomic E-state index is 14.2. The third kappa shape index (κ3) is 4.31. The molecular formula is C33H32N4O8S.